The van der Waals surface area contributed by atoms with E-state index in [4.69, 9.17) is 9.47 Å². The third kappa shape index (κ3) is 2.58. The normalized spacial score (nSPS) is 21.8. The van der Waals surface area contributed by atoms with E-state index in [9.17, 15) is 9.90 Å². The molecule has 1 aromatic rings. The van der Waals surface area contributed by atoms with Crippen molar-refractivity contribution in [1.29, 1.82) is 0 Å². The average Bonchev–Trinajstić information content (AvgIpc) is 2.65. The van der Waals surface area contributed by atoms with E-state index >= 15 is 0 Å². The van der Waals surface area contributed by atoms with E-state index in [1.54, 1.807) is 6.92 Å². The minimum absolute atomic E-state index is 0.251. The van der Waals surface area contributed by atoms with Crippen molar-refractivity contribution in [3.05, 3.63) is 29.8 Å². The summed E-state index contributed by atoms with van der Waals surface area (Å²) in [6.45, 7) is 2.15. The van der Waals surface area contributed by atoms with E-state index in [1.165, 1.54) is 0 Å². The number of ether oxygens (including phenoxy) is 2. The molecule has 4 heteroatoms. The minimum Gasteiger partial charge on any atom is -0.487 e. The number of carbonyl (C=O) groups is 1. The van der Waals surface area contributed by atoms with Gasteiger partial charge >= 0.3 is 5.97 Å². The lowest BCUT2D eigenvalue weighted by Crippen LogP contribution is -2.20. The molecule has 2 unspecified atom stereocenters. The number of aliphatic hydroxyl groups excluding tert-OH is 1. The van der Waals surface area contributed by atoms with Crippen LogP contribution in [0.15, 0.2) is 24.3 Å². The Bertz CT molecular complexity index is 402. The lowest BCUT2D eigenvalue weighted by atomic mass is 10.0. The Morgan fingerprint density at radius 1 is 1.47 bits per heavy atom. The number of hydrogen-bond donors (Lipinski definition) is 1. The van der Waals surface area contributed by atoms with Crippen LogP contribution in [0.4, 0.5) is 0 Å². The van der Waals surface area contributed by atoms with E-state index < -0.39 is 6.10 Å². The van der Waals surface area contributed by atoms with Crippen LogP contribution in [-0.4, -0.2) is 23.8 Å². The molecular formula is C13H16O4. The molecular weight excluding hydrogens is 220 g/mol. The third-order valence-corrected chi connectivity index (χ3v) is 2.81. The van der Waals surface area contributed by atoms with Crippen LogP contribution < -0.4 is 4.74 Å². The molecule has 1 heterocycles. The fourth-order valence-corrected chi connectivity index (χ4v) is 1.97. The van der Waals surface area contributed by atoms with Gasteiger partial charge in [-0.15, -0.1) is 0 Å². The number of hydrogen-bond acceptors (Lipinski definition) is 4. The van der Waals surface area contributed by atoms with Gasteiger partial charge in [-0.05, 0) is 19.4 Å². The van der Waals surface area contributed by atoms with Crippen molar-refractivity contribution < 1.29 is 19.4 Å². The lowest BCUT2D eigenvalue weighted by Gasteiger charge is -2.13. The number of fused-ring (bicyclic) bond motifs is 1. The summed E-state index contributed by atoms with van der Waals surface area (Å²) in [6.07, 6.45) is -0.268. The first kappa shape index (κ1) is 11.9. The molecule has 2 atom stereocenters. The average molecular weight is 236 g/mol. The van der Waals surface area contributed by atoms with Crippen LogP contribution in [0.3, 0.4) is 0 Å². The molecule has 0 spiro atoms. The molecule has 92 valence electrons. The van der Waals surface area contributed by atoms with Crippen molar-refractivity contribution in [3.63, 3.8) is 0 Å². The van der Waals surface area contributed by atoms with Gasteiger partial charge in [-0.3, -0.25) is 4.79 Å². The highest BCUT2D eigenvalue weighted by atomic mass is 16.5. The van der Waals surface area contributed by atoms with Crippen LogP contribution in [0.1, 0.15) is 31.4 Å². The van der Waals surface area contributed by atoms with Crippen LogP contribution in [0.25, 0.3) is 0 Å². The van der Waals surface area contributed by atoms with Gasteiger partial charge in [-0.25, -0.2) is 0 Å². The zero-order chi connectivity index (χ0) is 12.3. The highest BCUT2D eigenvalue weighted by Crippen LogP contribution is 2.37. The van der Waals surface area contributed by atoms with Crippen LogP contribution in [0, 0.1) is 0 Å². The second-order valence-corrected chi connectivity index (χ2v) is 3.98. The second-order valence-electron chi connectivity index (χ2n) is 3.98. The van der Waals surface area contributed by atoms with Crippen molar-refractivity contribution in [1.82, 2.24) is 0 Å². The minimum atomic E-state index is -0.652. The van der Waals surface area contributed by atoms with Crippen LogP contribution in [0.5, 0.6) is 5.75 Å². The standard InChI is InChI=1S/C13H16O4/c1-2-16-12(14)8-7-11-13(15)9-5-3-4-6-10(9)17-11/h3-6,11,13,15H,2,7-8H2,1H3. The predicted molar refractivity (Wildman–Crippen MR) is 61.7 cm³/mol. The summed E-state index contributed by atoms with van der Waals surface area (Å²) in [6, 6.07) is 7.38. The Hall–Kier alpha value is -1.55. The van der Waals surface area contributed by atoms with Crippen molar-refractivity contribution in [3.8, 4) is 5.75 Å². The number of aliphatic hydroxyl groups is 1. The summed E-state index contributed by atoms with van der Waals surface area (Å²) < 4.78 is 10.4. The molecule has 0 aliphatic carbocycles. The van der Waals surface area contributed by atoms with Gasteiger partial charge in [-0.2, -0.15) is 0 Å². The molecule has 17 heavy (non-hydrogen) atoms. The lowest BCUT2D eigenvalue weighted by molar-refractivity contribution is -0.143. The van der Waals surface area contributed by atoms with Gasteiger partial charge in [0.1, 0.15) is 18.0 Å². The van der Waals surface area contributed by atoms with Gasteiger partial charge in [0.2, 0.25) is 0 Å². The molecule has 1 aliphatic rings. The number of rotatable bonds is 4. The Labute approximate surface area is 100 Å². The van der Waals surface area contributed by atoms with Crippen molar-refractivity contribution in [2.24, 2.45) is 0 Å². The van der Waals surface area contributed by atoms with Crippen LogP contribution >= 0.6 is 0 Å². The number of benzene rings is 1. The number of para-hydroxylation sites is 1. The summed E-state index contributed by atoms with van der Waals surface area (Å²) >= 11 is 0. The second kappa shape index (κ2) is 5.19. The first-order chi connectivity index (χ1) is 8.22. The quantitative estimate of drug-likeness (QED) is 0.810. The Balaban J connectivity index is 1.92. The Morgan fingerprint density at radius 3 is 2.94 bits per heavy atom. The summed E-state index contributed by atoms with van der Waals surface area (Å²) in [5.41, 5.74) is 0.793. The van der Waals surface area contributed by atoms with Crippen molar-refractivity contribution in [2.45, 2.75) is 32.0 Å². The van der Waals surface area contributed by atoms with E-state index in [1.807, 2.05) is 24.3 Å². The fourth-order valence-electron chi connectivity index (χ4n) is 1.97. The molecule has 0 saturated heterocycles. The molecule has 1 N–H and O–H groups in total. The Kier molecular flexibility index (Phi) is 3.64. The Morgan fingerprint density at radius 2 is 2.24 bits per heavy atom. The zero-order valence-electron chi connectivity index (χ0n) is 9.76. The largest absolute Gasteiger partial charge is 0.487 e. The van der Waals surface area contributed by atoms with Gasteiger partial charge in [-0.1, -0.05) is 18.2 Å². The van der Waals surface area contributed by atoms with Gasteiger partial charge in [0, 0.05) is 12.0 Å². The maximum Gasteiger partial charge on any atom is 0.305 e. The highest BCUT2D eigenvalue weighted by molar-refractivity contribution is 5.69. The summed E-state index contributed by atoms with van der Waals surface area (Å²) in [7, 11) is 0. The van der Waals surface area contributed by atoms with Crippen molar-refractivity contribution in [2.75, 3.05) is 6.61 Å². The van der Waals surface area contributed by atoms with E-state index in [-0.39, 0.29) is 18.5 Å². The number of esters is 1. The third-order valence-electron chi connectivity index (χ3n) is 2.81. The molecule has 0 aromatic heterocycles. The van der Waals surface area contributed by atoms with E-state index in [2.05, 4.69) is 0 Å². The smallest absolute Gasteiger partial charge is 0.305 e. The molecule has 1 aromatic carbocycles. The molecule has 2 rings (SSSR count). The van der Waals surface area contributed by atoms with Gasteiger partial charge < -0.3 is 14.6 Å². The zero-order valence-corrected chi connectivity index (χ0v) is 9.76. The maximum absolute atomic E-state index is 11.2. The molecule has 0 amide bonds. The first-order valence-electron chi connectivity index (χ1n) is 5.81. The van der Waals surface area contributed by atoms with Gasteiger partial charge in [0.05, 0.1) is 6.61 Å². The van der Waals surface area contributed by atoms with E-state index in [0.29, 0.717) is 18.8 Å². The van der Waals surface area contributed by atoms with Crippen LogP contribution in [-0.2, 0) is 9.53 Å². The van der Waals surface area contributed by atoms with Gasteiger partial charge in [0.15, 0.2) is 0 Å². The topological polar surface area (TPSA) is 55.8 Å². The summed E-state index contributed by atoms with van der Waals surface area (Å²) in [5.74, 6) is 0.452. The molecule has 0 radical (unpaired) electrons. The molecule has 0 fully saturated rings. The van der Waals surface area contributed by atoms with Crippen LogP contribution in [0.2, 0.25) is 0 Å². The SMILES string of the molecule is CCOC(=O)CCC1Oc2ccccc2C1O. The highest BCUT2D eigenvalue weighted by Gasteiger charge is 2.32. The maximum atomic E-state index is 11.2. The summed E-state index contributed by atoms with van der Waals surface area (Å²) in [4.78, 5) is 11.2. The molecule has 0 bridgehead atoms. The summed E-state index contributed by atoms with van der Waals surface area (Å²) in [5, 5.41) is 10.0. The molecule has 0 saturated carbocycles. The van der Waals surface area contributed by atoms with Gasteiger partial charge in [0.25, 0.3) is 0 Å². The first-order valence-corrected chi connectivity index (χ1v) is 5.81. The fraction of sp³-hybridized carbons (Fsp3) is 0.462. The number of carbonyl (C=O) groups excluding carboxylic acids is 1. The molecule has 4 nitrogen and oxygen atoms in total. The predicted octanol–water partition coefficient (Wildman–Crippen LogP) is 1.82. The molecule has 1 aliphatic heterocycles. The monoisotopic (exact) mass is 236 g/mol. The van der Waals surface area contributed by atoms with E-state index in [0.717, 1.165) is 5.56 Å². The van der Waals surface area contributed by atoms with Crippen molar-refractivity contribution >= 4 is 5.97 Å².